The number of hydrogen-bond donors (Lipinski definition) is 0. The molecule has 2 atom stereocenters. The van der Waals surface area contributed by atoms with Crippen LogP contribution < -0.4 is 0 Å². The first-order chi connectivity index (χ1) is 12.7. The summed E-state index contributed by atoms with van der Waals surface area (Å²) >= 11 is 0. The van der Waals surface area contributed by atoms with E-state index in [0.29, 0.717) is 30.0 Å². The van der Waals surface area contributed by atoms with Crippen molar-refractivity contribution < 1.29 is 13.9 Å². The quantitative estimate of drug-likeness (QED) is 0.713. The summed E-state index contributed by atoms with van der Waals surface area (Å²) in [4.78, 5) is 18.6. The van der Waals surface area contributed by atoms with Gasteiger partial charge in [-0.2, -0.15) is 0 Å². The molecule has 1 aliphatic rings. The molecule has 0 N–H and O–H groups in total. The average molecular weight is 355 g/mol. The summed E-state index contributed by atoms with van der Waals surface area (Å²) in [5, 5.41) is 8.37. The summed E-state index contributed by atoms with van der Waals surface area (Å²) in [6, 6.07) is 6.05. The molecule has 0 spiro atoms. The molecular weight excluding hydrogens is 337 g/mol. The minimum Gasteiger partial charge on any atom is -0.380 e. The van der Waals surface area contributed by atoms with E-state index in [-0.39, 0.29) is 30.3 Å². The van der Waals surface area contributed by atoms with E-state index in [2.05, 4.69) is 15.2 Å². The highest BCUT2D eigenvalue weighted by Crippen LogP contribution is 2.33. The number of carbonyl (C=O) groups is 1. The summed E-state index contributed by atoms with van der Waals surface area (Å²) in [5.41, 5.74) is 0.997. The molecule has 1 amide bonds. The Hall–Kier alpha value is -2.87. The number of aromatic nitrogens is 4. The normalized spacial score (nSPS) is 20.0. The minimum absolute atomic E-state index is 0.00208. The number of methoxy groups -OCH3 is 1. The Morgan fingerprint density at radius 2 is 2.19 bits per heavy atom. The van der Waals surface area contributed by atoms with Crippen LogP contribution in [0, 0.1) is 5.82 Å². The molecule has 7 nitrogen and oxygen atoms in total. The molecule has 1 aromatic carbocycles. The van der Waals surface area contributed by atoms with E-state index in [1.165, 1.54) is 6.07 Å². The SMILES string of the molecule is CO[C@@H]1C[C@@H](c2nnc3cnccn23)N(C(=O)Cc2ccccc2F)C1. The van der Waals surface area contributed by atoms with Crippen LogP contribution in [0.15, 0.2) is 42.9 Å². The molecule has 0 aliphatic carbocycles. The number of rotatable bonds is 4. The van der Waals surface area contributed by atoms with Gasteiger partial charge in [0.1, 0.15) is 5.82 Å². The van der Waals surface area contributed by atoms with E-state index in [4.69, 9.17) is 4.74 Å². The Labute approximate surface area is 149 Å². The molecular formula is C18H18FN5O2. The first-order valence-electron chi connectivity index (χ1n) is 8.37. The number of nitrogens with zero attached hydrogens (tertiary/aromatic N) is 5. The van der Waals surface area contributed by atoms with Crippen LogP contribution in [0.5, 0.6) is 0 Å². The summed E-state index contributed by atoms with van der Waals surface area (Å²) in [6.45, 7) is 0.439. The van der Waals surface area contributed by atoms with Crippen molar-refractivity contribution in [3.8, 4) is 0 Å². The van der Waals surface area contributed by atoms with Crippen molar-refractivity contribution in [2.75, 3.05) is 13.7 Å². The van der Waals surface area contributed by atoms with Crippen molar-refractivity contribution in [1.82, 2.24) is 24.5 Å². The van der Waals surface area contributed by atoms with Crippen LogP contribution in [0.1, 0.15) is 23.9 Å². The molecule has 0 saturated carbocycles. The van der Waals surface area contributed by atoms with Crippen molar-refractivity contribution in [2.24, 2.45) is 0 Å². The van der Waals surface area contributed by atoms with Crippen LogP contribution in [0.4, 0.5) is 4.39 Å². The van der Waals surface area contributed by atoms with E-state index in [1.807, 2.05) is 4.40 Å². The molecule has 0 unspecified atom stereocenters. The van der Waals surface area contributed by atoms with Crippen LogP contribution in [0.25, 0.3) is 5.65 Å². The maximum Gasteiger partial charge on any atom is 0.227 e. The molecule has 3 aromatic rings. The van der Waals surface area contributed by atoms with E-state index in [9.17, 15) is 9.18 Å². The van der Waals surface area contributed by atoms with Gasteiger partial charge in [0.05, 0.1) is 24.8 Å². The van der Waals surface area contributed by atoms with Gasteiger partial charge in [-0.3, -0.25) is 14.2 Å². The van der Waals surface area contributed by atoms with Crippen molar-refractivity contribution in [3.05, 3.63) is 60.1 Å². The highest BCUT2D eigenvalue weighted by atomic mass is 19.1. The lowest BCUT2D eigenvalue weighted by molar-refractivity contribution is -0.132. The van der Waals surface area contributed by atoms with Gasteiger partial charge in [-0.25, -0.2) is 4.39 Å². The predicted octanol–water partition coefficient (Wildman–Crippen LogP) is 1.79. The fraction of sp³-hybridized carbons (Fsp3) is 0.333. The summed E-state index contributed by atoms with van der Waals surface area (Å²) < 4.78 is 21.2. The van der Waals surface area contributed by atoms with Gasteiger partial charge >= 0.3 is 0 Å². The monoisotopic (exact) mass is 355 g/mol. The van der Waals surface area contributed by atoms with Crippen molar-refractivity contribution in [3.63, 3.8) is 0 Å². The Balaban J connectivity index is 1.64. The number of likely N-dealkylation sites (tertiary alicyclic amines) is 1. The zero-order chi connectivity index (χ0) is 18.1. The topological polar surface area (TPSA) is 72.6 Å². The number of amides is 1. The smallest absolute Gasteiger partial charge is 0.227 e. The number of carbonyl (C=O) groups excluding carboxylic acids is 1. The van der Waals surface area contributed by atoms with Crippen LogP contribution in [-0.2, 0) is 16.0 Å². The number of hydrogen-bond acceptors (Lipinski definition) is 5. The molecule has 1 saturated heterocycles. The fourth-order valence-corrected chi connectivity index (χ4v) is 3.39. The zero-order valence-corrected chi connectivity index (χ0v) is 14.2. The third-order valence-electron chi connectivity index (χ3n) is 4.75. The molecule has 134 valence electrons. The maximum absolute atomic E-state index is 13.9. The lowest BCUT2D eigenvalue weighted by Gasteiger charge is -2.23. The molecule has 4 rings (SSSR count). The Kier molecular flexibility index (Phi) is 4.34. The first kappa shape index (κ1) is 16.6. The van der Waals surface area contributed by atoms with E-state index < -0.39 is 0 Å². The van der Waals surface area contributed by atoms with Gasteiger partial charge in [0.2, 0.25) is 5.91 Å². The third-order valence-corrected chi connectivity index (χ3v) is 4.75. The van der Waals surface area contributed by atoms with Crippen molar-refractivity contribution in [1.29, 1.82) is 0 Å². The largest absolute Gasteiger partial charge is 0.380 e. The van der Waals surface area contributed by atoms with Crippen molar-refractivity contribution in [2.45, 2.75) is 25.0 Å². The Bertz CT molecular complexity index is 944. The predicted molar refractivity (Wildman–Crippen MR) is 90.8 cm³/mol. The number of halogens is 1. The fourth-order valence-electron chi connectivity index (χ4n) is 3.39. The van der Waals surface area contributed by atoms with Crippen LogP contribution in [0.2, 0.25) is 0 Å². The standard InChI is InChI=1S/C18H18FN5O2/c1-26-13-9-15(18-22-21-16-10-20-6-7-23(16)18)24(11-13)17(25)8-12-4-2-3-5-14(12)19/h2-7,10,13,15H,8-9,11H2,1H3/t13-,15+/m1/s1. The minimum atomic E-state index is -0.376. The highest BCUT2D eigenvalue weighted by molar-refractivity contribution is 5.79. The number of ether oxygens (including phenoxy) is 1. The van der Waals surface area contributed by atoms with Crippen molar-refractivity contribution >= 4 is 11.6 Å². The first-order valence-corrected chi connectivity index (χ1v) is 8.37. The highest BCUT2D eigenvalue weighted by Gasteiger charge is 2.38. The molecule has 0 radical (unpaired) electrons. The van der Waals surface area contributed by atoms with Gasteiger partial charge in [0.25, 0.3) is 0 Å². The number of benzene rings is 1. The van der Waals surface area contributed by atoms with E-state index >= 15 is 0 Å². The second-order valence-corrected chi connectivity index (χ2v) is 6.29. The van der Waals surface area contributed by atoms with Crippen LogP contribution in [-0.4, -0.2) is 50.1 Å². The van der Waals surface area contributed by atoms with Gasteiger partial charge in [0.15, 0.2) is 11.5 Å². The van der Waals surface area contributed by atoms with Gasteiger partial charge < -0.3 is 9.64 Å². The van der Waals surface area contributed by atoms with E-state index in [0.717, 1.165) is 0 Å². The second-order valence-electron chi connectivity index (χ2n) is 6.29. The molecule has 8 heteroatoms. The summed E-state index contributed by atoms with van der Waals surface area (Å²) in [7, 11) is 1.62. The van der Waals surface area contributed by atoms with Crippen LogP contribution >= 0.6 is 0 Å². The lowest BCUT2D eigenvalue weighted by Crippen LogP contribution is -2.34. The molecule has 0 bridgehead atoms. The van der Waals surface area contributed by atoms with Gasteiger partial charge in [-0.05, 0) is 11.6 Å². The zero-order valence-electron chi connectivity index (χ0n) is 14.2. The molecule has 3 heterocycles. The maximum atomic E-state index is 13.9. The van der Waals surface area contributed by atoms with Crippen LogP contribution in [0.3, 0.4) is 0 Å². The number of fused-ring (bicyclic) bond motifs is 1. The Morgan fingerprint density at radius 1 is 1.35 bits per heavy atom. The van der Waals surface area contributed by atoms with Gasteiger partial charge in [0, 0.05) is 32.5 Å². The molecule has 2 aromatic heterocycles. The van der Waals surface area contributed by atoms with Gasteiger partial charge in [-0.15, -0.1) is 10.2 Å². The molecule has 1 fully saturated rings. The average Bonchev–Trinajstić information content (AvgIpc) is 3.27. The second kappa shape index (κ2) is 6.80. The lowest BCUT2D eigenvalue weighted by atomic mass is 10.1. The Morgan fingerprint density at radius 3 is 3.00 bits per heavy atom. The molecule has 26 heavy (non-hydrogen) atoms. The molecule has 1 aliphatic heterocycles. The van der Waals surface area contributed by atoms with E-state index in [1.54, 1.807) is 48.8 Å². The van der Waals surface area contributed by atoms with Gasteiger partial charge in [-0.1, -0.05) is 18.2 Å². The third kappa shape index (κ3) is 2.92. The summed E-state index contributed by atoms with van der Waals surface area (Å²) in [5.74, 6) is 0.119. The summed E-state index contributed by atoms with van der Waals surface area (Å²) in [6.07, 6.45) is 5.54.